The minimum atomic E-state index is -4.49. The number of aromatic nitrogens is 2. The van der Waals surface area contributed by atoms with E-state index >= 15 is 0 Å². The van der Waals surface area contributed by atoms with Crippen LogP contribution < -0.4 is 11.5 Å². The van der Waals surface area contributed by atoms with E-state index in [0.717, 1.165) is 12.1 Å². The van der Waals surface area contributed by atoms with Crippen molar-refractivity contribution >= 4 is 29.0 Å². The quantitative estimate of drug-likeness (QED) is 0.621. The maximum atomic E-state index is 13.0. The number of nitrogens with two attached hydrogens (primary N) is 2. The van der Waals surface area contributed by atoms with Crippen LogP contribution in [0.4, 0.5) is 19.0 Å². The lowest BCUT2D eigenvalue weighted by molar-refractivity contribution is -0.137. The first-order chi connectivity index (χ1) is 12.7. The minimum Gasteiger partial charge on any atom is -0.383 e. The highest BCUT2D eigenvalue weighted by Crippen LogP contribution is 2.35. The second-order valence-electron chi connectivity index (χ2n) is 5.67. The molecule has 3 rings (SSSR count). The molecule has 0 radical (unpaired) electrons. The van der Waals surface area contributed by atoms with Crippen molar-refractivity contribution in [2.75, 3.05) is 5.73 Å². The maximum absolute atomic E-state index is 13.0. The highest BCUT2D eigenvalue weighted by Gasteiger charge is 2.30. The molecule has 4 nitrogen and oxygen atoms in total. The van der Waals surface area contributed by atoms with Crippen LogP contribution in [0, 0.1) is 0 Å². The number of alkyl halides is 3. The van der Waals surface area contributed by atoms with Gasteiger partial charge in [0, 0.05) is 28.3 Å². The average Bonchev–Trinajstić information content (AvgIpc) is 2.60. The first-order valence-corrected chi connectivity index (χ1v) is 8.46. The van der Waals surface area contributed by atoms with Gasteiger partial charge in [0.25, 0.3) is 0 Å². The van der Waals surface area contributed by atoms with Crippen LogP contribution in [0.5, 0.6) is 0 Å². The molecule has 27 heavy (non-hydrogen) atoms. The van der Waals surface area contributed by atoms with Crippen molar-refractivity contribution in [3.05, 3.63) is 63.6 Å². The molecule has 0 unspecified atom stereocenters. The van der Waals surface area contributed by atoms with E-state index in [4.69, 9.17) is 34.7 Å². The Labute approximate surface area is 162 Å². The fraction of sp³-hybridized carbons (Fsp3) is 0.111. The van der Waals surface area contributed by atoms with Gasteiger partial charge in [-0.3, -0.25) is 0 Å². The number of hydrogen-bond acceptors (Lipinski definition) is 4. The summed E-state index contributed by atoms with van der Waals surface area (Å²) in [5.41, 5.74) is 12.4. The molecular formula is C18H13Cl2F3N4. The zero-order valence-electron chi connectivity index (χ0n) is 13.7. The third-order valence-electron chi connectivity index (χ3n) is 3.88. The lowest BCUT2D eigenvalue weighted by Gasteiger charge is -2.14. The molecule has 0 bridgehead atoms. The van der Waals surface area contributed by atoms with Crippen molar-refractivity contribution in [2.24, 2.45) is 5.73 Å². The summed E-state index contributed by atoms with van der Waals surface area (Å²) in [6.07, 6.45) is -4.49. The van der Waals surface area contributed by atoms with Gasteiger partial charge >= 0.3 is 6.18 Å². The van der Waals surface area contributed by atoms with Crippen LogP contribution in [0.1, 0.15) is 11.1 Å². The molecule has 0 atom stereocenters. The second-order valence-corrected chi connectivity index (χ2v) is 6.51. The van der Waals surface area contributed by atoms with Crippen LogP contribution in [0.15, 0.2) is 42.5 Å². The Balaban J connectivity index is 2.21. The summed E-state index contributed by atoms with van der Waals surface area (Å²) in [4.78, 5) is 8.51. The maximum Gasteiger partial charge on any atom is 0.416 e. The Morgan fingerprint density at radius 2 is 1.74 bits per heavy atom. The molecule has 2 aromatic carbocycles. The lowest BCUT2D eigenvalue weighted by atomic mass is 10.0. The monoisotopic (exact) mass is 412 g/mol. The molecule has 0 aliphatic rings. The van der Waals surface area contributed by atoms with Crippen LogP contribution in [0.25, 0.3) is 22.6 Å². The predicted octanol–water partition coefficient (Wildman–Crippen LogP) is 5.18. The number of nitrogens with zero attached hydrogens (tertiary/aromatic N) is 2. The Bertz CT molecular complexity index is 1010. The molecule has 0 aliphatic heterocycles. The van der Waals surface area contributed by atoms with Gasteiger partial charge in [-0.25, -0.2) is 9.97 Å². The molecule has 1 heterocycles. The van der Waals surface area contributed by atoms with Gasteiger partial charge in [0.1, 0.15) is 5.82 Å². The number of benzene rings is 2. The zero-order valence-corrected chi connectivity index (χ0v) is 15.2. The minimum absolute atomic E-state index is 0.0307. The Kier molecular flexibility index (Phi) is 5.28. The lowest BCUT2D eigenvalue weighted by Crippen LogP contribution is -2.10. The van der Waals surface area contributed by atoms with Crippen molar-refractivity contribution in [1.82, 2.24) is 9.97 Å². The molecule has 0 spiro atoms. The van der Waals surface area contributed by atoms with Gasteiger partial charge in [-0.15, -0.1) is 0 Å². The smallest absolute Gasteiger partial charge is 0.383 e. The summed E-state index contributed by atoms with van der Waals surface area (Å²) in [6.45, 7) is 0.0307. The summed E-state index contributed by atoms with van der Waals surface area (Å²) >= 11 is 12.2. The zero-order chi connectivity index (χ0) is 19.8. The van der Waals surface area contributed by atoms with Crippen molar-refractivity contribution in [1.29, 1.82) is 0 Å². The van der Waals surface area contributed by atoms with E-state index in [9.17, 15) is 13.2 Å². The highest BCUT2D eigenvalue weighted by molar-refractivity contribution is 6.36. The Morgan fingerprint density at radius 1 is 1.00 bits per heavy atom. The summed E-state index contributed by atoms with van der Waals surface area (Å²) in [5.74, 6) is 0.109. The molecule has 4 N–H and O–H groups in total. The molecule has 0 saturated carbocycles. The fourth-order valence-corrected chi connectivity index (χ4v) is 3.07. The largest absolute Gasteiger partial charge is 0.416 e. The summed E-state index contributed by atoms with van der Waals surface area (Å²) in [6, 6.07) is 9.47. The first-order valence-electron chi connectivity index (χ1n) is 7.70. The van der Waals surface area contributed by atoms with Crippen molar-refractivity contribution in [3.8, 4) is 22.6 Å². The van der Waals surface area contributed by atoms with E-state index in [1.807, 2.05) is 0 Å². The molecular weight excluding hydrogens is 400 g/mol. The van der Waals surface area contributed by atoms with Gasteiger partial charge in [0.05, 0.1) is 16.3 Å². The van der Waals surface area contributed by atoms with E-state index in [2.05, 4.69) is 9.97 Å². The topological polar surface area (TPSA) is 77.8 Å². The van der Waals surface area contributed by atoms with E-state index in [0.29, 0.717) is 26.9 Å². The van der Waals surface area contributed by atoms with E-state index in [-0.39, 0.29) is 23.8 Å². The van der Waals surface area contributed by atoms with Crippen LogP contribution in [0.2, 0.25) is 10.0 Å². The highest BCUT2D eigenvalue weighted by atomic mass is 35.5. The van der Waals surface area contributed by atoms with Crippen molar-refractivity contribution in [2.45, 2.75) is 12.7 Å². The average molecular weight is 413 g/mol. The second kappa shape index (κ2) is 7.34. The summed E-state index contributed by atoms with van der Waals surface area (Å²) < 4.78 is 39.0. The van der Waals surface area contributed by atoms with Crippen LogP contribution >= 0.6 is 23.2 Å². The number of anilines is 1. The van der Waals surface area contributed by atoms with Gasteiger partial charge in [-0.05, 0) is 30.3 Å². The predicted molar refractivity (Wildman–Crippen MR) is 100 cm³/mol. The van der Waals surface area contributed by atoms with Gasteiger partial charge in [0.15, 0.2) is 5.82 Å². The third-order valence-corrected chi connectivity index (χ3v) is 4.43. The molecule has 3 aromatic rings. The van der Waals surface area contributed by atoms with Crippen molar-refractivity contribution < 1.29 is 13.2 Å². The SMILES string of the molecule is NCc1c(N)nc(-c2cccc(C(F)(F)F)c2)nc1-c1ccc(Cl)cc1Cl. The third kappa shape index (κ3) is 4.00. The van der Waals surface area contributed by atoms with Gasteiger partial charge < -0.3 is 11.5 Å². The van der Waals surface area contributed by atoms with E-state index < -0.39 is 11.7 Å². The number of halogens is 5. The normalized spacial score (nSPS) is 11.6. The van der Waals surface area contributed by atoms with E-state index in [1.54, 1.807) is 12.1 Å². The number of nitrogen functional groups attached to an aromatic ring is 1. The molecule has 0 aliphatic carbocycles. The first kappa shape index (κ1) is 19.4. The summed E-state index contributed by atoms with van der Waals surface area (Å²) in [7, 11) is 0. The van der Waals surface area contributed by atoms with E-state index in [1.165, 1.54) is 18.2 Å². The Hall–Kier alpha value is -2.35. The molecule has 0 amide bonds. The van der Waals surface area contributed by atoms with Crippen LogP contribution in [0.3, 0.4) is 0 Å². The van der Waals surface area contributed by atoms with Crippen LogP contribution in [-0.4, -0.2) is 9.97 Å². The van der Waals surface area contributed by atoms with Gasteiger partial charge in [-0.1, -0.05) is 35.3 Å². The standard InChI is InChI=1S/C18H13Cl2F3N4/c19-11-4-5-12(14(20)7-11)15-13(8-24)16(25)27-17(26-15)9-2-1-3-10(6-9)18(21,22)23/h1-7H,8,24H2,(H2,25,26,27). The molecule has 9 heteroatoms. The Morgan fingerprint density at radius 3 is 2.37 bits per heavy atom. The molecule has 1 aromatic heterocycles. The summed E-state index contributed by atoms with van der Waals surface area (Å²) in [5, 5.41) is 0.739. The molecule has 140 valence electrons. The fourth-order valence-electron chi connectivity index (χ4n) is 2.57. The van der Waals surface area contributed by atoms with Gasteiger partial charge in [-0.2, -0.15) is 13.2 Å². The number of rotatable bonds is 3. The molecule has 0 saturated heterocycles. The number of hydrogen-bond donors (Lipinski definition) is 2. The molecule has 0 fully saturated rings. The van der Waals surface area contributed by atoms with Crippen LogP contribution in [-0.2, 0) is 12.7 Å². The van der Waals surface area contributed by atoms with Gasteiger partial charge in [0.2, 0.25) is 0 Å². The van der Waals surface area contributed by atoms with Crippen molar-refractivity contribution in [3.63, 3.8) is 0 Å².